The fraction of sp³-hybridized carbons (Fsp3) is 0.769. The SMILES string of the molecule is Cc1ncsc1C(C)NC1C(C)(C)C1(C)C. The summed E-state index contributed by atoms with van der Waals surface area (Å²) >= 11 is 1.75. The highest BCUT2D eigenvalue weighted by molar-refractivity contribution is 7.09. The number of aromatic nitrogens is 1. The summed E-state index contributed by atoms with van der Waals surface area (Å²) in [5.74, 6) is 0. The zero-order chi connectivity index (χ0) is 12.1. The molecular formula is C13H22N2S. The Balaban J connectivity index is 2.06. The molecule has 2 nitrogen and oxygen atoms in total. The number of thiazole rings is 1. The monoisotopic (exact) mass is 238 g/mol. The van der Waals surface area contributed by atoms with Crippen molar-refractivity contribution in [1.29, 1.82) is 0 Å². The van der Waals surface area contributed by atoms with Crippen LogP contribution in [0.25, 0.3) is 0 Å². The van der Waals surface area contributed by atoms with E-state index in [1.807, 2.05) is 5.51 Å². The van der Waals surface area contributed by atoms with Crippen molar-refractivity contribution in [3.05, 3.63) is 16.1 Å². The largest absolute Gasteiger partial charge is 0.305 e. The van der Waals surface area contributed by atoms with E-state index in [4.69, 9.17) is 0 Å². The molecule has 0 saturated heterocycles. The average molecular weight is 238 g/mol. The second-order valence-corrected chi connectivity index (χ2v) is 6.95. The van der Waals surface area contributed by atoms with Crippen molar-refractivity contribution in [2.24, 2.45) is 10.8 Å². The molecule has 3 heteroatoms. The Morgan fingerprint density at radius 3 is 2.25 bits per heavy atom. The highest BCUT2D eigenvalue weighted by atomic mass is 32.1. The van der Waals surface area contributed by atoms with Gasteiger partial charge >= 0.3 is 0 Å². The Kier molecular flexibility index (Phi) is 2.67. The van der Waals surface area contributed by atoms with Gasteiger partial charge in [0, 0.05) is 17.0 Å². The quantitative estimate of drug-likeness (QED) is 0.871. The molecule has 0 bridgehead atoms. The van der Waals surface area contributed by atoms with Crippen LogP contribution < -0.4 is 5.32 Å². The van der Waals surface area contributed by atoms with Gasteiger partial charge in [-0.3, -0.25) is 0 Å². The fourth-order valence-electron chi connectivity index (χ4n) is 2.67. The Morgan fingerprint density at radius 2 is 1.88 bits per heavy atom. The standard InChI is InChI=1S/C13H22N2S/c1-8-10(16-7-14-8)9(2)15-11-12(3,4)13(11,5)6/h7,9,11,15H,1-6H3. The van der Waals surface area contributed by atoms with E-state index in [2.05, 4.69) is 51.8 Å². The number of nitrogens with zero attached hydrogens (tertiary/aromatic N) is 1. The maximum atomic E-state index is 4.32. The summed E-state index contributed by atoms with van der Waals surface area (Å²) in [5, 5.41) is 3.75. The van der Waals surface area contributed by atoms with Gasteiger partial charge in [-0.25, -0.2) is 4.98 Å². The number of nitrogens with one attached hydrogen (secondary N) is 1. The molecule has 0 amide bonds. The lowest BCUT2D eigenvalue weighted by Gasteiger charge is -2.14. The van der Waals surface area contributed by atoms with Crippen molar-refractivity contribution < 1.29 is 0 Å². The van der Waals surface area contributed by atoms with Gasteiger partial charge in [0.1, 0.15) is 0 Å². The van der Waals surface area contributed by atoms with Crippen LogP contribution in [0.4, 0.5) is 0 Å². The van der Waals surface area contributed by atoms with E-state index in [-0.39, 0.29) is 0 Å². The van der Waals surface area contributed by atoms with Gasteiger partial charge in [-0.1, -0.05) is 27.7 Å². The summed E-state index contributed by atoms with van der Waals surface area (Å²) in [4.78, 5) is 5.69. The highest BCUT2D eigenvalue weighted by Gasteiger charge is 2.64. The lowest BCUT2D eigenvalue weighted by molar-refractivity contribution is 0.457. The second kappa shape index (κ2) is 3.54. The molecule has 0 spiro atoms. The van der Waals surface area contributed by atoms with Crippen molar-refractivity contribution in [3.63, 3.8) is 0 Å². The van der Waals surface area contributed by atoms with E-state index in [0.717, 1.165) is 0 Å². The minimum Gasteiger partial charge on any atom is -0.305 e. The molecule has 0 aliphatic heterocycles. The molecule has 2 rings (SSSR count). The predicted octanol–water partition coefficient (Wildman–Crippen LogP) is 3.54. The zero-order valence-corrected chi connectivity index (χ0v) is 11.9. The molecule has 1 aliphatic rings. The van der Waals surface area contributed by atoms with Gasteiger partial charge in [0.25, 0.3) is 0 Å². The first kappa shape index (κ1) is 12.1. The first-order valence-electron chi connectivity index (χ1n) is 5.94. The normalized spacial score (nSPS) is 24.4. The average Bonchev–Trinajstić information content (AvgIpc) is 2.57. The minimum absolute atomic E-state index is 0.403. The Hall–Kier alpha value is -0.410. The van der Waals surface area contributed by atoms with Gasteiger partial charge in [-0.15, -0.1) is 11.3 Å². The summed E-state index contributed by atoms with van der Waals surface area (Å²) in [5.41, 5.74) is 3.91. The molecule has 1 aliphatic carbocycles. The number of hydrogen-bond acceptors (Lipinski definition) is 3. The Bertz CT molecular complexity index is 378. The first-order valence-corrected chi connectivity index (χ1v) is 6.82. The Labute approximate surface area is 102 Å². The molecule has 90 valence electrons. The molecule has 0 aromatic carbocycles. The summed E-state index contributed by atoms with van der Waals surface area (Å²) in [6.45, 7) is 13.7. The molecule has 0 radical (unpaired) electrons. The van der Waals surface area contributed by atoms with E-state index in [9.17, 15) is 0 Å². The number of rotatable bonds is 3. The van der Waals surface area contributed by atoms with Gasteiger partial charge < -0.3 is 5.32 Å². The van der Waals surface area contributed by atoms with E-state index in [1.165, 1.54) is 10.6 Å². The van der Waals surface area contributed by atoms with Crippen LogP contribution in [0.5, 0.6) is 0 Å². The molecule has 1 saturated carbocycles. The van der Waals surface area contributed by atoms with E-state index < -0.39 is 0 Å². The van der Waals surface area contributed by atoms with Crippen LogP contribution in [0.15, 0.2) is 5.51 Å². The van der Waals surface area contributed by atoms with Gasteiger partial charge in [0.05, 0.1) is 11.2 Å². The summed E-state index contributed by atoms with van der Waals surface area (Å²) < 4.78 is 0. The highest BCUT2D eigenvalue weighted by Crippen LogP contribution is 2.63. The van der Waals surface area contributed by atoms with Crippen LogP contribution in [0, 0.1) is 17.8 Å². The van der Waals surface area contributed by atoms with Crippen molar-refractivity contribution in [3.8, 4) is 0 Å². The lowest BCUT2D eigenvalue weighted by atomic mass is 10.0. The molecule has 16 heavy (non-hydrogen) atoms. The van der Waals surface area contributed by atoms with Gasteiger partial charge in [-0.2, -0.15) is 0 Å². The maximum absolute atomic E-state index is 4.32. The van der Waals surface area contributed by atoms with Crippen molar-refractivity contribution >= 4 is 11.3 Å². The smallest absolute Gasteiger partial charge is 0.0798 e. The van der Waals surface area contributed by atoms with Crippen molar-refractivity contribution in [2.45, 2.75) is 53.6 Å². The minimum atomic E-state index is 0.403. The molecule has 1 unspecified atom stereocenters. The van der Waals surface area contributed by atoms with Crippen LogP contribution in [-0.2, 0) is 0 Å². The van der Waals surface area contributed by atoms with Crippen LogP contribution in [0.1, 0.15) is 51.2 Å². The maximum Gasteiger partial charge on any atom is 0.0798 e. The third-order valence-electron chi connectivity index (χ3n) is 4.61. The molecular weight excluding hydrogens is 216 g/mol. The molecule has 1 aromatic heterocycles. The van der Waals surface area contributed by atoms with Gasteiger partial charge in [0.15, 0.2) is 0 Å². The number of aryl methyl sites for hydroxylation is 1. The van der Waals surface area contributed by atoms with E-state index >= 15 is 0 Å². The molecule has 1 atom stereocenters. The van der Waals surface area contributed by atoms with Crippen LogP contribution in [0.3, 0.4) is 0 Å². The molecule has 1 N–H and O–H groups in total. The van der Waals surface area contributed by atoms with Crippen LogP contribution >= 0.6 is 11.3 Å². The topological polar surface area (TPSA) is 24.9 Å². The molecule has 1 fully saturated rings. The number of hydrogen-bond donors (Lipinski definition) is 1. The van der Waals surface area contributed by atoms with Crippen molar-refractivity contribution in [2.75, 3.05) is 0 Å². The van der Waals surface area contributed by atoms with Gasteiger partial charge in [-0.05, 0) is 24.7 Å². The first-order chi connectivity index (χ1) is 7.28. The third kappa shape index (κ3) is 1.61. The second-order valence-electron chi connectivity index (χ2n) is 6.07. The summed E-state index contributed by atoms with van der Waals surface area (Å²) in [6, 6.07) is 1.02. The Morgan fingerprint density at radius 1 is 1.31 bits per heavy atom. The summed E-state index contributed by atoms with van der Waals surface area (Å²) in [6.07, 6.45) is 0. The molecule has 1 heterocycles. The zero-order valence-electron chi connectivity index (χ0n) is 11.1. The fourth-order valence-corrected chi connectivity index (χ4v) is 3.49. The third-order valence-corrected chi connectivity index (χ3v) is 5.73. The van der Waals surface area contributed by atoms with E-state index in [0.29, 0.717) is 22.9 Å². The van der Waals surface area contributed by atoms with Crippen LogP contribution in [-0.4, -0.2) is 11.0 Å². The van der Waals surface area contributed by atoms with Gasteiger partial charge in [0.2, 0.25) is 0 Å². The van der Waals surface area contributed by atoms with Crippen LogP contribution in [0.2, 0.25) is 0 Å². The lowest BCUT2D eigenvalue weighted by Crippen LogP contribution is -2.25. The molecule has 1 aromatic rings. The summed E-state index contributed by atoms with van der Waals surface area (Å²) in [7, 11) is 0. The predicted molar refractivity (Wildman–Crippen MR) is 69.8 cm³/mol. The van der Waals surface area contributed by atoms with E-state index in [1.54, 1.807) is 11.3 Å². The van der Waals surface area contributed by atoms with Crippen molar-refractivity contribution in [1.82, 2.24) is 10.3 Å².